The van der Waals surface area contributed by atoms with Crippen LogP contribution in [-0.2, 0) is 46.7 Å². The minimum atomic E-state index is -5.51. The summed E-state index contributed by atoms with van der Waals surface area (Å²) in [5, 5.41) is 0. The Morgan fingerprint density at radius 2 is 1.08 bits per heavy atom. The van der Waals surface area contributed by atoms with Gasteiger partial charge in [0.1, 0.15) is 0 Å². The van der Waals surface area contributed by atoms with Gasteiger partial charge in [-0.25, -0.2) is 4.57 Å². The van der Waals surface area contributed by atoms with Gasteiger partial charge in [0.2, 0.25) is 0 Å². The van der Waals surface area contributed by atoms with Crippen molar-refractivity contribution in [1.29, 1.82) is 0 Å². The van der Waals surface area contributed by atoms with Gasteiger partial charge < -0.3 is 0 Å². The summed E-state index contributed by atoms with van der Waals surface area (Å²) in [5.74, 6) is -2.89. The molecule has 0 bridgehead atoms. The molecule has 0 atom stereocenters. The predicted octanol–water partition coefficient (Wildman–Crippen LogP) is 1.51. The maximum absolute atomic E-state index is 11.8. The summed E-state index contributed by atoms with van der Waals surface area (Å²) < 4.78 is 144. The SMILES string of the molecule is COP(=O)(OCCS(=O)(=O)OC(F)(F)F)OCCS(=O)(=O)OC(F)(F)F. The van der Waals surface area contributed by atoms with E-state index in [0.29, 0.717) is 7.11 Å². The Hall–Kier alpha value is -0.490. The maximum atomic E-state index is 11.8. The molecule has 0 aromatic carbocycles. The average Bonchev–Trinajstić information content (AvgIpc) is 2.31. The molecule has 158 valence electrons. The molecule has 0 saturated heterocycles. The number of phosphoric acid groups is 1. The molecule has 10 nitrogen and oxygen atoms in total. The van der Waals surface area contributed by atoms with Crippen LogP contribution in [0, 0.1) is 0 Å². The minimum Gasteiger partial charge on any atom is -0.290 e. The molecular weight excluding hydrogens is 453 g/mol. The second-order valence-electron chi connectivity index (χ2n) is 3.88. The first-order valence-electron chi connectivity index (χ1n) is 5.84. The first kappa shape index (κ1) is 25.5. The average molecular weight is 464 g/mol. The lowest BCUT2D eigenvalue weighted by Crippen LogP contribution is -2.24. The number of hydrogen-bond donors (Lipinski definition) is 0. The summed E-state index contributed by atoms with van der Waals surface area (Å²) in [5.41, 5.74) is 0. The summed E-state index contributed by atoms with van der Waals surface area (Å²) in [6.45, 7) is -2.40. The highest BCUT2D eigenvalue weighted by Crippen LogP contribution is 2.48. The molecule has 0 amide bonds. The van der Waals surface area contributed by atoms with E-state index >= 15 is 0 Å². The van der Waals surface area contributed by atoms with E-state index in [1.54, 1.807) is 0 Å². The third kappa shape index (κ3) is 12.8. The summed E-state index contributed by atoms with van der Waals surface area (Å²) in [6.07, 6.45) is -11.0. The zero-order chi connectivity index (χ0) is 20.9. The summed E-state index contributed by atoms with van der Waals surface area (Å²) in [6, 6.07) is 0. The molecule has 19 heteroatoms. The normalized spacial score (nSPS) is 14.6. The van der Waals surface area contributed by atoms with Crippen molar-refractivity contribution in [3.8, 4) is 0 Å². The first-order valence-corrected chi connectivity index (χ1v) is 10.5. The van der Waals surface area contributed by atoms with Crippen LogP contribution in [0.5, 0.6) is 0 Å². The molecule has 0 N–H and O–H groups in total. The molecule has 0 aromatic heterocycles. The van der Waals surface area contributed by atoms with Crippen LogP contribution in [0.2, 0.25) is 0 Å². The largest absolute Gasteiger partial charge is 0.537 e. The highest BCUT2D eigenvalue weighted by atomic mass is 32.2. The van der Waals surface area contributed by atoms with Crippen molar-refractivity contribution in [3.63, 3.8) is 0 Å². The van der Waals surface area contributed by atoms with E-state index in [-0.39, 0.29) is 0 Å². The molecule has 0 unspecified atom stereocenters. The number of alkyl halides is 6. The van der Waals surface area contributed by atoms with E-state index in [9.17, 15) is 47.7 Å². The number of rotatable bonds is 11. The standard InChI is InChI=1S/C7H11F6O10PS2/c1-19-24(14,20-2-4-25(15,16)22-6(8,9)10)21-3-5-26(17,18)23-7(11,12)13/h2-5H2,1H3. The summed E-state index contributed by atoms with van der Waals surface area (Å²) >= 11 is 0. The predicted molar refractivity (Wildman–Crippen MR) is 68.4 cm³/mol. The third-order valence-corrected chi connectivity index (χ3v) is 5.50. The van der Waals surface area contributed by atoms with Gasteiger partial charge in [0.15, 0.2) is 0 Å². The van der Waals surface area contributed by atoms with Gasteiger partial charge in [-0.15, -0.1) is 26.3 Å². The van der Waals surface area contributed by atoms with Crippen LogP contribution in [0.3, 0.4) is 0 Å². The molecule has 0 saturated carbocycles. The van der Waals surface area contributed by atoms with Crippen LogP contribution in [0.15, 0.2) is 0 Å². The Morgan fingerprint density at radius 1 is 0.769 bits per heavy atom. The van der Waals surface area contributed by atoms with E-state index in [4.69, 9.17) is 0 Å². The molecule has 0 heterocycles. The molecule has 0 rings (SSSR count). The Morgan fingerprint density at radius 3 is 1.31 bits per heavy atom. The van der Waals surface area contributed by atoms with Gasteiger partial charge in [-0.3, -0.25) is 13.6 Å². The van der Waals surface area contributed by atoms with Crippen LogP contribution in [-0.4, -0.2) is 61.4 Å². The molecule has 26 heavy (non-hydrogen) atoms. The molecule has 0 aliphatic carbocycles. The molecule has 0 aliphatic rings. The van der Waals surface area contributed by atoms with E-state index in [1.165, 1.54) is 0 Å². The van der Waals surface area contributed by atoms with E-state index in [1.807, 2.05) is 0 Å². The zero-order valence-electron chi connectivity index (χ0n) is 12.4. The van der Waals surface area contributed by atoms with Crippen LogP contribution in [0.1, 0.15) is 0 Å². The zero-order valence-corrected chi connectivity index (χ0v) is 15.0. The highest BCUT2D eigenvalue weighted by molar-refractivity contribution is 7.87. The van der Waals surface area contributed by atoms with Crippen molar-refractivity contribution < 1.29 is 69.7 Å². The maximum Gasteiger partial charge on any atom is 0.537 e. The second-order valence-corrected chi connectivity index (χ2v) is 9.03. The number of phosphoric ester groups is 1. The number of hydrogen-bond acceptors (Lipinski definition) is 10. The monoisotopic (exact) mass is 464 g/mol. The summed E-state index contributed by atoms with van der Waals surface area (Å²) in [7, 11) is -14.3. The van der Waals surface area contributed by atoms with Gasteiger partial charge in [-0.05, 0) is 0 Å². The van der Waals surface area contributed by atoms with Gasteiger partial charge in [-0.1, -0.05) is 0 Å². The van der Waals surface area contributed by atoms with E-state index in [0.717, 1.165) is 0 Å². The lowest BCUT2D eigenvalue weighted by molar-refractivity contribution is -0.273. The van der Waals surface area contributed by atoms with Crippen LogP contribution in [0.25, 0.3) is 0 Å². The molecule has 0 aliphatic heterocycles. The van der Waals surface area contributed by atoms with Crippen molar-refractivity contribution >= 4 is 28.1 Å². The molecule has 0 radical (unpaired) electrons. The highest BCUT2D eigenvalue weighted by Gasteiger charge is 2.38. The quantitative estimate of drug-likeness (QED) is 0.252. The Bertz CT molecular complexity index is 642. The molecule has 0 aromatic rings. The lowest BCUT2D eigenvalue weighted by atomic mass is 10.9. The minimum absolute atomic E-state index is 0.669. The van der Waals surface area contributed by atoms with Crippen molar-refractivity contribution in [1.82, 2.24) is 0 Å². The fraction of sp³-hybridized carbons (Fsp3) is 1.00. The Kier molecular flexibility index (Phi) is 8.96. The van der Waals surface area contributed by atoms with Gasteiger partial charge in [0.05, 0.1) is 24.7 Å². The van der Waals surface area contributed by atoms with Gasteiger partial charge in [0.25, 0.3) is 20.2 Å². The Labute approximate surface area is 143 Å². The second kappa shape index (κ2) is 9.13. The van der Waals surface area contributed by atoms with Crippen molar-refractivity contribution in [3.05, 3.63) is 0 Å². The van der Waals surface area contributed by atoms with Gasteiger partial charge >= 0.3 is 20.5 Å². The van der Waals surface area contributed by atoms with Crippen molar-refractivity contribution in [2.75, 3.05) is 31.8 Å². The fourth-order valence-electron chi connectivity index (χ4n) is 1.02. The van der Waals surface area contributed by atoms with E-state index < -0.39 is 65.5 Å². The van der Waals surface area contributed by atoms with Crippen LogP contribution >= 0.6 is 7.82 Å². The molecular formula is C7H11F6O10PS2. The van der Waals surface area contributed by atoms with Crippen LogP contribution < -0.4 is 0 Å². The number of halogens is 6. The van der Waals surface area contributed by atoms with Crippen LogP contribution in [0.4, 0.5) is 26.3 Å². The lowest BCUT2D eigenvalue weighted by Gasteiger charge is -2.16. The van der Waals surface area contributed by atoms with Gasteiger partial charge in [0, 0.05) is 7.11 Å². The Balaban J connectivity index is 4.56. The smallest absolute Gasteiger partial charge is 0.290 e. The van der Waals surface area contributed by atoms with Crippen molar-refractivity contribution in [2.24, 2.45) is 0 Å². The first-order chi connectivity index (χ1) is 11.4. The molecule has 0 fully saturated rings. The van der Waals surface area contributed by atoms with Crippen molar-refractivity contribution in [2.45, 2.75) is 12.7 Å². The van der Waals surface area contributed by atoms with Gasteiger partial charge in [-0.2, -0.15) is 25.2 Å². The third-order valence-electron chi connectivity index (χ3n) is 1.83. The van der Waals surface area contributed by atoms with E-state index in [2.05, 4.69) is 21.9 Å². The fourth-order valence-corrected chi connectivity index (χ4v) is 3.50. The molecule has 0 spiro atoms. The summed E-state index contributed by atoms with van der Waals surface area (Å²) in [4.78, 5) is 0. The topological polar surface area (TPSA) is 132 Å².